The van der Waals surface area contributed by atoms with Crippen LogP contribution in [-0.2, 0) is 19.0 Å². The molecule has 0 rings (SSSR count). The second-order valence-corrected chi connectivity index (χ2v) is 5.62. The summed E-state index contributed by atoms with van der Waals surface area (Å²) in [7, 11) is 0. The van der Waals surface area contributed by atoms with E-state index in [4.69, 9.17) is 14.2 Å². The zero-order valence-corrected chi connectivity index (χ0v) is 14.5. The van der Waals surface area contributed by atoms with E-state index >= 15 is 0 Å². The molecule has 0 heterocycles. The topological polar surface area (TPSA) is 44.8 Å². The first-order chi connectivity index (χ1) is 10.7. The van der Waals surface area contributed by atoms with Gasteiger partial charge in [0.2, 0.25) is 0 Å². The first-order valence-electron chi connectivity index (χ1n) is 8.66. The van der Waals surface area contributed by atoms with Crippen molar-refractivity contribution in [3.63, 3.8) is 0 Å². The molecular formula is C18H34O4. The van der Waals surface area contributed by atoms with E-state index in [9.17, 15) is 4.79 Å². The van der Waals surface area contributed by atoms with Crippen molar-refractivity contribution in [3.05, 3.63) is 12.2 Å². The number of rotatable bonds is 16. The van der Waals surface area contributed by atoms with Crippen molar-refractivity contribution >= 4 is 5.97 Å². The third-order valence-corrected chi connectivity index (χ3v) is 3.32. The lowest BCUT2D eigenvalue weighted by molar-refractivity contribution is -0.140. The van der Waals surface area contributed by atoms with Crippen molar-refractivity contribution < 1.29 is 19.0 Å². The minimum absolute atomic E-state index is 0.268. The average Bonchev–Trinajstić information content (AvgIpc) is 2.50. The van der Waals surface area contributed by atoms with Gasteiger partial charge in [-0.2, -0.15) is 0 Å². The van der Waals surface area contributed by atoms with Crippen LogP contribution in [0.25, 0.3) is 0 Å². The molecule has 0 radical (unpaired) electrons. The van der Waals surface area contributed by atoms with Gasteiger partial charge in [0.05, 0.1) is 19.8 Å². The van der Waals surface area contributed by atoms with E-state index in [1.165, 1.54) is 44.9 Å². The van der Waals surface area contributed by atoms with E-state index in [2.05, 4.69) is 13.5 Å². The van der Waals surface area contributed by atoms with Gasteiger partial charge in [-0.05, 0) is 13.3 Å². The molecule has 130 valence electrons. The highest BCUT2D eigenvalue weighted by Crippen LogP contribution is 2.08. The van der Waals surface area contributed by atoms with Crippen LogP contribution in [0, 0.1) is 0 Å². The van der Waals surface area contributed by atoms with Crippen LogP contribution >= 0.6 is 0 Å². The van der Waals surface area contributed by atoms with E-state index in [0.29, 0.717) is 25.4 Å². The number of esters is 1. The van der Waals surface area contributed by atoms with Crippen LogP contribution in [0.1, 0.15) is 65.2 Å². The Morgan fingerprint density at radius 1 is 0.773 bits per heavy atom. The summed E-state index contributed by atoms with van der Waals surface area (Å²) in [4.78, 5) is 11.1. The number of ether oxygens (including phenoxy) is 3. The molecule has 4 heteroatoms. The molecule has 0 amide bonds. The summed E-state index contributed by atoms with van der Waals surface area (Å²) in [6, 6.07) is 0. The predicted octanol–water partition coefficient (Wildman–Crippen LogP) is 4.28. The maximum atomic E-state index is 11.1. The number of carbonyl (C=O) groups excluding carboxylic acids is 1. The fourth-order valence-corrected chi connectivity index (χ4v) is 1.98. The van der Waals surface area contributed by atoms with E-state index in [-0.39, 0.29) is 12.6 Å². The third-order valence-electron chi connectivity index (χ3n) is 3.32. The van der Waals surface area contributed by atoms with Gasteiger partial charge < -0.3 is 14.2 Å². The summed E-state index contributed by atoms with van der Waals surface area (Å²) in [5, 5.41) is 0. The van der Waals surface area contributed by atoms with Gasteiger partial charge in [-0.3, -0.25) is 0 Å². The molecule has 0 spiro atoms. The number of hydrogen-bond donors (Lipinski definition) is 0. The molecule has 0 aromatic carbocycles. The standard InChI is InChI=1S/C18H34O4/c1-4-5-6-7-8-9-10-11-12-20-13-14-21-15-16-22-18(19)17(2)3/h2,4-16H2,1,3H3. The highest BCUT2D eigenvalue weighted by molar-refractivity contribution is 5.86. The van der Waals surface area contributed by atoms with Crippen molar-refractivity contribution in [2.45, 2.75) is 65.2 Å². The quantitative estimate of drug-likeness (QED) is 0.242. The second kappa shape index (κ2) is 16.5. The second-order valence-electron chi connectivity index (χ2n) is 5.62. The van der Waals surface area contributed by atoms with E-state index in [0.717, 1.165) is 13.0 Å². The lowest BCUT2D eigenvalue weighted by Gasteiger charge is -2.07. The number of hydrogen-bond acceptors (Lipinski definition) is 4. The molecule has 0 bridgehead atoms. The fraction of sp³-hybridized carbons (Fsp3) is 0.833. The molecule has 0 aliphatic rings. The first kappa shape index (κ1) is 21.1. The van der Waals surface area contributed by atoms with Crippen LogP contribution in [-0.4, -0.2) is 39.0 Å². The molecule has 0 fully saturated rings. The molecule has 0 saturated heterocycles. The third kappa shape index (κ3) is 15.5. The Bertz CT molecular complexity index is 276. The molecule has 0 aromatic heterocycles. The van der Waals surface area contributed by atoms with Gasteiger partial charge in [-0.1, -0.05) is 58.4 Å². The molecule has 0 N–H and O–H groups in total. The van der Waals surface area contributed by atoms with Crippen molar-refractivity contribution in [2.75, 3.05) is 33.0 Å². The molecule has 0 unspecified atom stereocenters. The Kier molecular flexibility index (Phi) is 15.8. The summed E-state index contributed by atoms with van der Waals surface area (Å²) in [5.41, 5.74) is 0.411. The summed E-state index contributed by atoms with van der Waals surface area (Å²) < 4.78 is 15.7. The smallest absolute Gasteiger partial charge is 0.333 e. The minimum atomic E-state index is -0.366. The van der Waals surface area contributed by atoms with Crippen LogP contribution in [0.2, 0.25) is 0 Å². The zero-order chi connectivity index (χ0) is 16.5. The summed E-state index contributed by atoms with van der Waals surface area (Å²) in [5.74, 6) is -0.366. The Labute approximate surface area is 136 Å². The predicted molar refractivity (Wildman–Crippen MR) is 90.0 cm³/mol. The Morgan fingerprint density at radius 3 is 1.86 bits per heavy atom. The summed E-state index contributed by atoms with van der Waals surface area (Å²) in [6.45, 7) is 10.0. The van der Waals surface area contributed by atoms with Crippen LogP contribution in [0.5, 0.6) is 0 Å². The van der Waals surface area contributed by atoms with E-state index < -0.39 is 0 Å². The Hall–Kier alpha value is -0.870. The maximum Gasteiger partial charge on any atom is 0.333 e. The molecule has 22 heavy (non-hydrogen) atoms. The van der Waals surface area contributed by atoms with E-state index in [1.807, 2.05) is 0 Å². The largest absolute Gasteiger partial charge is 0.460 e. The molecule has 0 aliphatic carbocycles. The SMILES string of the molecule is C=C(C)C(=O)OCCOCCOCCCCCCCCCC. The van der Waals surface area contributed by atoms with Gasteiger partial charge >= 0.3 is 5.97 Å². The van der Waals surface area contributed by atoms with Crippen molar-refractivity contribution in [1.29, 1.82) is 0 Å². The lowest BCUT2D eigenvalue weighted by Crippen LogP contribution is -2.13. The Morgan fingerprint density at radius 2 is 1.27 bits per heavy atom. The van der Waals surface area contributed by atoms with Crippen LogP contribution < -0.4 is 0 Å². The summed E-state index contributed by atoms with van der Waals surface area (Å²) in [6.07, 6.45) is 10.5. The highest BCUT2D eigenvalue weighted by Gasteiger charge is 2.01. The molecule has 4 nitrogen and oxygen atoms in total. The summed E-state index contributed by atoms with van der Waals surface area (Å²) >= 11 is 0. The van der Waals surface area contributed by atoms with Crippen molar-refractivity contribution in [1.82, 2.24) is 0 Å². The normalized spacial score (nSPS) is 10.6. The zero-order valence-electron chi connectivity index (χ0n) is 14.5. The van der Waals surface area contributed by atoms with Crippen molar-refractivity contribution in [2.24, 2.45) is 0 Å². The molecule has 0 atom stereocenters. The average molecular weight is 314 g/mol. The number of unbranched alkanes of at least 4 members (excludes halogenated alkanes) is 7. The Balaban J connectivity index is 3.05. The van der Waals surface area contributed by atoms with Gasteiger partial charge in [0, 0.05) is 12.2 Å². The van der Waals surface area contributed by atoms with Crippen LogP contribution in [0.3, 0.4) is 0 Å². The van der Waals surface area contributed by atoms with Gasteiger partial charge in [0.15, 0.2) is 0 Å². The molecule has 0 saturated carbocycles. The van der Waals surface area contributed by atoms with Gasteiger partial charge in [0.25, 0.3) is 0 Å². The highest BCUT2D eigenvalue weighted by atomic mass is 16.6. The molecular weight excluding hydrogens is 280 g/mol. The van der Waals surface area contributed by atoms with Gasteiger partial charge in [-0.15, -0.1) is 0 Å². The molecule has 0 aliphatic heterocycles. The molecule has 0 aromatic rings. The lowest BCUT2D eigenvalue weighted by atomic mass is 10.1. The minimum Gasteiger partial charge on any atom is -0.460 e. The number of carbonyl (C=O) groups is 1. The first-order valence-corrected chi connectivity index (χ1v) is 8.66. The van der Waals surface area contributed by atoms with E-state index in [1.54, 1.807) is 6.92 Å². The van der Waals surface area contributed by atoms with Crippen molar-refractivity contribution in [3.8, 4) is 0 Å². The van der Waals surface area contributed by atoms with Crippen LogP contribution in [0.15, 0.2) is 12.2 Å². The van der Waals surface area contributed by atoms with Gasteiger partial charge in [-0.25, -0.2) is 4.79 Å². The van der Waals surface area contributed by atoms with Gasteiger partial charge in [0.1, 0.15) is 6.61 Å². The fourth-order valence-electron chi connectivity index (χ4n) is 1.98. The monoisotopic (exact) mass is 314 g/mol. The van der Waals surface area contributed by atoms with Crippen LogP contribution in [0.4, 0.5) is 0 Å². The maximum absolute atomic E-state index is 11.1.